The second-order valence-electron chi connectivity index (χ2n) is 4.17. The normalized spacial score (nSPS) is 11.1. The summed E-state index contributed by atoms with van der Waals surface area (Å²) in [5.74, 6) is 0. The van der Waals surface area contributed by atoms with E-state index in [0.29, 0.717) is 6.54 Å². The number of thiophene rings is 1. The van der Waals surface area contributed by atoms with Gasteiger partial charge in [0.05, 0.1) is 11.7 Å². The van der Waals surface area contributed by atoms with Crippen LogP contribution in [0, 0.1) is 0 Å². The van der Waals surface area contributed by atoms with Crippen LogP contribution in [0.15, 0.2) is 45.2 Å². The summed E-state index contributed by atoms with van der Waals surface area (Å²) in [6.07, 6.45) is 1.62. The third kappa shape index (κ3) is 2.13. The lowest BCUT2D eigenvalue weighted by atomic mass is 10.1. The first-order valence-electron chi connectivity index (χ1n) is 5.93. The number of hydrogen-bond acceptors (Lipinski definition) is 3. The maximum absolute atomic E-state index is 12.4. The Kier molecular flexibility index (Phi) is 3.24. The lowest BCUT2D eigenvalue weighted by Crippen LogP contribution is -2.19. The minimum absolute atomic E-state index is 0.0340. The zero-order chi connectivity index (χ0) is 13.4. The Bertz CT molecular complexity index is 789. The second-order valence-corrected chi connectivity index (χ2v) is 5.95. The lowest BCUT2D eigenvalue weighted by molar-refractivity contribution is 0.718. The third-order valence-electron chi connectivity index (χ3n) is 3.06. The molecule has 5 heteroatoms. The quantitative estimate of drug-likeness (QED) is 0.712. The van der Waals surface area contributed by atoms with Crippen molar-refractivity contribution in [1.82, 2.24) is 9.55 Å². The molecule has 0 amide bonds. The molecule has 0 atom stereocenters. The zero-order valence-corrected chi connectivity index (χ0v) is 12.7. The van der Waals surface area contributed by atoms with Crippen LogP contribution >= 0.6 is 27.3 Å². The van der Waals surface area contributed by atoms with Crippen LogP contribution in [-0.4, -0.2) is 9.55 Å². The topological polar surface area (TPSA) is 34.9 Å². The summed E-state index contributed by atoms with van der Waals surface area (Å²) in [7, 11) is 0. The molecule has 0 bridgehead atoms. The lowest BCUT2D eigenvalue weighted by Gasteiger charge is -2.03. The Labute approximate surface area is 122 Å². The zero-order valence-electron chi connectivity index (χ0n) is 10.3. The van der Waals surface area contributed by atoms with Gasteiger partial charge in [0.2, 0.25) is 0 Å². The third-order valence-corrected chi connectivity index (χ3v) is 4.47. The molecule has 0 saturated carbocycles. The number of halogens is 1. The first-order valence-corrected chi connectivity index (χ1v) is 7.60. The molecule has 0 aliphatic heterocycles. The Balaban J connectivity index is 2.30. The minimum Gasteiger partial charge on any atom is -0.299 e. The van der Waals surface area contributed by atoms with E-state index in [-0.39, 0.29) is 5.56 Å². The van der Waals surface area contributed by atoms with E-state index < -0.39 is 0 Å². The molecule has 0 saturated heterocycles. The standard InChI is InChI=1S/C14H11BrN2OS/c1-2-17-8-16-13-12(14(17)18)11(7-19-13)9-3-5-10(15)6-4-9/h3-8H,2H2,1H3. The van der Waals surface area contributed by atoms with Crippen LogP contribution in [0.2, 0.25) is 0 Å². The molecule has 0 N–H and O–H groups in total. The molecular weight excluding hydrogens is 324 g/mol. The number of nitrogens with zero attached hydrogens (tertiary/aromatic N) is 2. The highest BCUT2D eigenvalue weighted by molar-refractivity contribution is 9.10. The van der Waals surface area contributed by atoms with Gasteiger partial charge < -0.3 is 0 Å². The number of aromatic nitrogens is 2. The molecule has 0 unspecified atom stereocenters. The number of hydrogen-bond donors (Lipinski definition) is 0. The first-order chi connectivity index (χ1) is 9.20. The van der Waals surface area contributed by atoms with Crippen molar-refractivity contribution in [2.24, 2.45) is 0 Å². The Morgan fingerprint density at radius 1 is 1.32 bits per heavy atom. The van der Waals surface area contributed by atoms with E-state index >= 15 is 0 Å². The van der Waals surface area contributed by atoms with E-state index in [2.05, 4.69) is 20.9 Å². The summed E-state index contributed by atoms with van der Waals surface area (Å²) in [6.45, 7) is 2.58. The van der Waals surface area contributed by atoms with E-state index in [1.807, 2.05) is 36.6 Å². The van der Waals surface area contributed by atoms with Crippen molar-refractivity contribution in [2.75, 3.05) is 0 Å². The van der Waals surface area contributed by atoms with Crippen LogP contribution in [0.1, 0.15) is 6.92 Å². The van der Waals surface area contributed by atoms with E-state index in [4.69, 9.17) is 0 Å². The number of fused-ring (bicyclic) bond motifs is 1. The van der Waals surface area contributed by atoms with E-state index in [9.17, 15) is 4.79 Å². The van der Waals surface area contributed by atoms with Crippen molar-refractivity contribution in [3.63, 3.8) is 0 Å². The maximum atomic E-state index is 12.4. The summed E-state index contributed by atoms with van der Waals surface area (Å²) in [4.78, 5) is 17.5. The molecular formula is C14H11BrN2OS. The number of rotatable bonds is 2. The number of aryl methyl sites for hydroxylation is 1. The molecule has 0 radical (unpaired) electrons. The predicted molar refractivity (Wildman–Crippen MR) is 82.7 cm³/mol. The van der Waals surface area contributed by atoms with Crippen LogP contribution in [0.3, 0.4) is 0 Å². The fourth-order valence-corrected chi connectivity index (χ4v) is 3.21. The molecule has 0 fully saturated rings. The van der Waals surface area contributed by atoms with E-state index in [0.717, 1.165) is 25.8 Å². The molecule has 3 rings (SSSR count). The summed E-state index contributed by atoms with van der Waals surface area (Å²) in [6, 6.07) is 7.98. The van der Waals surface area contributed by atoms with Gasteiger partial charge in [-0.1, -0.05) is 28.1 Å². The molecule has 0 aliphatic carbocycles. The fraction of sp³-hybridized carbons (Fsp3) is 0.143. The highest BCUT2D eigenvalue weighted by Gasteiger charge is 2.12. The fourth-order valence-electron chi connectivity index (χ4n) is 2.03. The summed E-state index contributed by atoms with van der Waals surface area (Å²) in [5, 5.41) is 2.72. The van der Waals surface area contributed by atoms with Crippen LogP contribution < -0.4 is 5.56 Å². The van der Waals surface area contributed by atoms with E-state index in [1.165, 1.54) is 11.3 Å². The molecule has 3 nitrogen and oxygen atoms in total. The van der Waals surface area contributed by atoms with Crippen molar-refractivity contribution >= 4 is 37.5 Å². The van der Waals surface area contributed by atoms with Gasteiger partial charge in [0, 0.05) is 22.0 Å². The van der Waals surface area contributed by atoms with Gasteiger partial charge >= 0.3 is 0 Å². The molecule has 1 aromatic carbocycles. The highest BCUT2D eigenvalue weighted by atomic mass is 79.9. The van der Waals surface area contributed by atoms with Gasteiger partial charge in [-0.25, -0.2) is 4.98 Å². The molecule has 2 aromatic heterocycles. The van der Waals surface area contributed by atoms with Crippen molar-refractivity contribution in [1.29, 1.82) is 0 Å². The van der Waals surface area contributed by atoms with Gasteiger partial charge in [0.1, 0.15) is 4.83 Å². The van der Waals surface area contributed by atoms with Crippen LogP contribution in [0.25, 0.3) is 21.3 Å². The summed E-state index contributed by atoms with van der Waals surface area (Å²) < 4.78 is 2.66. The SMILES string of the molecule is CCn1cnc2scc(-c3ccc(Br)cc3)c2c1=O. The predicted octanol–water partition coefficient (Wildman–Crippen LogP) is 3.91. The monoisotopic (exact) mass is 334 g/mol. The summed E-state index contributed by atoms with van der Waals surface area (Å²) in [5.41, 5.74) is 2.04. The molecule has 3 aromatic rings. The molecule has 96 valence electrons. The van der Waals surface area contributed by atoms with Gasteiger partial charge in [-0.3, -0.25) is 9.36 Å². The van der Waals surface area contributed by atoms with Gasteiger partial charge in [0.15, 0.2) is 0 Å². The Morgan fingerprint density at radius 3 is 2.74 bits per heavy atom. The van der Waals surface area contributed by atoms with Gasteiger partial charge in [-0.15, -0.1) is 11.3 Å². The molecule has 2 heterocycles. The second kappa shape index (κ2) is 4.90. The largest absolute Gasteiger partial charge is 0.299 e. The molecule has 0 spiro atoms. The Hall–Kier alpha value is -1.46. The van der Waals surface area contributed by atoms with Crippen LogP contribution in [0.4, 0.5) is 0 Å². The highest BCUT2D eigenvalue weighted by Crippen LogP contribution is 2.31. The average molecular weight is 335 g/mol. The van der Waals surface area contributed by atoms with Crippen molar-refractivity contribution < 1.29 is 0 Å². The first kappa shape index (κ1) is 12.6. The van der Waals surface area contributed by atoms with Crippen molar-refractivity contribution in [2.45, 2.75) is 13.5 Å². The Morgan fingerprint density at radius 2 is 2.05 bits per heavy atom. The number of benzene rings is 1. The molecule has 0 aliphatic rings. The van der Waals surface area contributed by atoms with Crippen LogP contribution in [-0.2, 0) is 6.54 Å². The van der Waals surface area contributed by atoms with Gasteiger partial charge in [-0.2, -0.15) is 0 Å². The van der Waals surface area contributed by atoms with Gasteiger partial charge in [-0.05, 0) is 24.6 Å². The molecule has 19 heavy (non-hydrogen) atoms. The average Bonchev–Trinajstić information content (AvgIpc) is 2.85. The van der Waals surface area contributed by atoms with E-state index in [1.54, 1.807) is 10.9 Å². The van der Waals surface area contributed by atoms with Crippen molar-refractivity contribution in [3.05, 3.63) is 50.8 Å². The van der Waals surface area contributed by atoms with Gasteiger partial charge in [0.25, 0.3) is 5.56 Å². The smallest absolute Gasteiger partial charge is 0.262 e. The maximum Gasteiger partial charge on any atom is 0.262 e. The van der Waals surface area contributed by atoms with Crippen LogP contribution in [0.5, 0.6) is 0 Å². The summed E-state index contributed by atoms with van der Waals surface area (Å²) >= 11 is 4.93. The van der Waals surface area contributed by atoms with Crippen molar-refractivity contribution in [3.8, 4) is 11.1 Å². The minimum atomic E-state index is 0.0340.